The molecule has 0 saturated carbocycles. The molecule has 3 rings (SSSR count). The Morgan fingerprint density at radius 3 is 2.63 bits per heavy atom. The lowest BCUT2D eigenvalue weighted by atomic mass is 9.90. The summed E-state index contributed by atoms with van der Waals surface area (Å²) in [6.45, 7) is 3.45. The van der Waals surface area contributed by atoms with E-state index in [2.05, 4.69) is 19.2 Å². The van der Waals surface area contributed by atoms with Crippen molar-refractivity contribution in [3.63, 3.8) is 0 Å². The Kier molecular flexibility index (Phi) is 3.02. The van der Waals surface area contributed by atoms with Crippen LogP contribution in [0.4, 0.5) is 5.13 Å². The third-order valence-electron chi connectivity index (χ3n) is 3.62. The van der Waals surface area contributed by atoms with Crippen LogP contribution in [0, 0.1) is 6.92 Å². The van der Waals surface area contributed by atoms with Crippen LogP contribution in [0.3, 0.4) is 0 Å². The van der Waals surface area contributed by atoms with E-state index in [1.807, 2.05) is 24.7 Å². The van der Waals surface area contributed by atoms with Crippen LogP contribution in [0.1, 0.15) is 24.5 Å². The number of nitrogens with zero attached hydrogens (tertiary/aromatic N) is 5. The highest BCUT2D eigenvalue weighted by molar-refractivity contribution is 7.09. The largest absolute Gasteiger partial charge is 0.382 e. The molecule has 1 aliphatic rings. The van der Waals surface area contributed by atoms with Gasteiger partial charge in [0, 0.05) is 56.9 Å². The topological polar surface area (TPSA) is 67.1 Å². The highest BCUT2D eigenvalue weighted by Gasteiger charge is 2.37. The van der Waals surface area contributed by atoms with E-state index >= 15 is 0 Å². The third kappa shape index (κ3) is 2.23. The van der Waals surface area contributed by atoms with Crippen LogP contribution in [-0.4, -0.2) is 37.1 Å². The average molecular weight is 279 g/mol. The molecule has 2 aromatic rings. The molecule has 19 heavy (non-hydrogen) atoms. The summed E-state index contributed by atoms with van der Waals surface area (Å²) in [5, 5.41) is 11.7. The average Bonchev–Trinajstić information content (AvgIpc) is 2.99. The molecule has 2 aromatic heterocycles. The number of anilines is 1. The predicted octanol–water partition coefficient (Wildman–Crippen LogP) is 1.07. The minimum Gasteiger partial charge on any atom is -0.382 e. The predicted molar refractivity (Wildman–Crippen MR) is 73.2 cm³/mol. The standard InChI is InChI=1S/C12H17N5OS/c1-9-14-11(19-15-9)17-6-3-12(18,4-7-17)10-13-5-8-16(10)2/h5,8,18H,3-4,6-7H2,1-2H3. The van der Waals surface area contributed by atoms with E-state index in [0.717, 1.165) is 29.9 Å². The van der Waals surface area contributed by atoms with Crippen LogP contribution in [0.15, 0.2) is 12.4 Å². The lowest BCUT2D eigenvalue weighted by Crippen LogP contribution is -2.44. The van der Waals surface area contributed by atoms with Crippen LogP contribution in [-0.2, 0) is 12.6 Å². The van der Waals surface area contributed by atoms with Gasteiger partial charge < -0.3 is 14.6 Å². The second kappa shape index (κ2) is 4.57. The van der Waals surface area contributed by atoms with E-state index < -0.39 is 5.60 Å². The first kappa shape index (κ1) is 12.6. The van der Waals surface area contributed by atoms with Crippen molar-refractivity contribution in [3.8, 4) is 0 Å². The number of hydrogen-bond acceptors (Lipinski definition) is 6. The number of hydrogen-bond donors (Lipinski definition) is 1. The lowest BCUT2D eigenvalue weighted by Gasteiger charge is -2.37. The van der Waals surface area contributed by atoms with Gasteiger partial charge in [-0.3, -0.25) is 0 Å². The minimum absolute atomic E-state index is 0.663. The van der Waals surface area contributed by atoms with Crippen LogP contribution in [0.5, 0.6) is 0 Å². The monoisotopic (exact) mass is 279 g/mol. The smallest absolute Gasteiger partial charge is 0.205 e. The van der Waals surface area contributed by atoms with Crippen molar-refractivity contribution in [2.45, 2.75) is 25.4 Å². The molecule has 7 heteroatoms. The Morgan fingerprint density at radius 2 is 2.11 bits per heavy atom. The Morgan fingerprint density at radius 1 is 1.37 bits per heavy atom. The maximum absolute atomic E-state index is 10.7. The molecular formula is C12H17N5OS. The zero-order valence-corrected chi connectivity index (χ0v) is 11.9. The first-order valence-electron chi connectivity index (χ1n) is 6.34. The Labute approximate surface area is 115 Å². The molecule has 1 fully saturated rings. The summed E-state index contributed by atoms with van der Waals surface area (Å²) in [4.78, 5) is 10.9. The summed E-state index contributed by atoms with van der Waals surface area (Å²) < 4.78 is 6.10. The summed E-state index contributed by atoms with van der Waals surface area (Å²) in [5.41, 5.74) is -0.825. The van der Waals surface area contributed by atoms with Gasteiger partial charge in [-0.15, -0.1) is 0 Å². The van der Waals surface area contributed by atoms with Crippen molar-refractivity contribution in [1.29, 1.82) is 0 Å². The minimum atomic E-state index is -0.825. The quantitative estimate of drug-likeness (QED) is 0.890. The molecule has 0 aliphatic carbocycles. The van der Waals surface area contributed by atoms with Gasteiger partial charge in [0.05, 0.1) is 0 Å². The zero-order valence-electron chi connectivity index (χ0n) is 11.1. The van der Waals surface area contributed by atoms with Crippen molar-refractivity contribution in [2.24, 2.45) is 7.05 Å². The van der Waals surface area contributed by atoms with Gasteiger partial charge in [0.15, 0.2) is 0 Å². The van der Waals surface area contributed by atoms with Gasteiger partial charge in [0.1, 0.15) is 17.2 Å². The fraction of sp³-hybridized carbons (Fsp3) is 0.583. The number of aromatic nitrogens is 4. The van der Waals surface area contributed by atoms with Crippen molar-refractivity contribution in [3.05, 3.63) is 24.0 Å². The number of aryl methyl sites for hydroxylation is 2. The molecule has 3 heterocycles. The first-order valence-corrected chi connectivity index (χ1v) is 7.11. The maximum Gasteiger partial charge on any atom is 0.205 e. The molecular weight excluding hydrogens is 262 g/mol. The number of imidazole rings is 1. The van der Waals surface area contributed by atoms with Gasteiger partial charge >= 0.3 is 0 Å². The van der Waals surface area contributed by atoms with Gasteiger partial charge in [-0.25, -0.2) is 9.97 Å². The molecule has 0 aromatic carbocycles. The van der Waals surface area contributed by atoms with Gasteiger partial charge in [0.25, 0.3) is 0 Å². The highest BCUT2D eigenvalue weighted by atomic mass is 32.1. The molecule has 0 spiro atoms. The summed E-state index contributed by atoms with van der Waals surface area (Å²) in [7, 11) is 1.92. The Bertz CT molecular complexity index is 570. The van der Waals surface area contributed by atoms with Crippen LogP contribution >= 0.6 is 11.5 Å². The summed E-state index contributed by atoms with van der Waals surface area (Å²) in [6, 6.07) is 0. The molecule has 0 radical (unpaired) electrons. The van der Waals surface area contributed by atoms with Crippen molar-refractivity contribution in [2.75, 3.05) is 18.0 Å². The van der Waals surface area contributed by atoms with Gasteiger partial charge in [-0.2, -0.15) is 4.37 Å². The summed E-state index contributed by atoms with van der Waals surface area (Å²) in [6.07, 6.45) is 4.93. The molecule has 0 unspecified atom stereocenters. The number of rotatable bonds is 2. The van der Waals surface area contributed by atoms with E-state index in [9.17, 15) is 5.11 Å². The fourth-order valence-corrected chi connectivity index (χ4v) is 3.25. The van der Waals surface area contributed by atoms with Crippen molar-refractivity contribution < 1.29 is 5.11 Å². The second-order valence-electron chi connectivity index (χ2n) is 5.00. The van der Waals surface area contributed by atoms with E-state index in [1.165, 1.54) is 11.5 Å². The van der Waals surface area contributed by atoms with Crippen LogP contribution in [0.2, 0.25) is 0 Å². The van der Waals surface area contributed by atoms with E-state index in [-0.39, 0.29) is 0 Å². The maximum atomic E-state index is 10.7. The van der Waals surface area contributed by atoms with Gasteiger partial charge in [0.2, 0.25) is 5.13 Å². The summed E-state index contributed by atoms with van der Waals surface area (Å²) >= 11 is 1.42. The molecule has 6 nitrogen and oxygen atoms in total. The molecule has 0 amide bonds. The first-order chi connectivity index (χ1) is 9.08. The zero-order chi connectivity index (χ0) is 13.5. The molecule has 0 atom stereocenters. The number of aliphatic hydroxyl groups is 1. The van der Waals surface area contributed by atoms with Gasteiger partial charge in [-0.1, -0.05) is 0 Å². The summed E-state index contributed by atoms with van der Waals surface area (Å²) in [5.74, 6) is 1.56. The Balaban J connectivity index is 1.74. The van der Waals surface area contributed by atoms with E-state index in [4.69, 9.17) is 0 Å². The normalized spacial score (nSPS) is 18.8. The van der Waals surface area contributed by atoms with Crippen molar-refractivity contribution >= 4 is 16.7 Å². The number of piperidine rings is 1. The molecule has 1 N–H and O–H groups in total. The molecule has 1 aliphatic heterocycles. The highest BCUT2D eigenvalue weighted by Crippen LogP contribution is 2.33. The SMILES string of the molecule is Cc1nsc(N2CCC(O)(c3nccn3C)CC2)n1. The fourth-order valence-electron chi connectivity index (χ4n) is 2.52. The molecule has 1 saturated heterocycles. The van der Waals surface area contributed by atoms with E-state index in [1.54, 1.807) is 6.20 Å². The van der Waals surface area contributed by atoms with Gasteiger partial charge in [-0.05, 0) is 6.92 Å². The van der Waals surface area contributed by atoms with Crippen molar-refractivity contribution in [1.82, 2.24) is 18.9 Å². The van der Waals surface area contributed by atoms with E-state index in [0.29, 0.717) is 12.8 Å². The molecule has 102 valence electrons. The Hall–Kier alpha value is -1.47. The second-order valence-corrected chi connectivity index (χ2v) is 5.73. The van der Waals surface area contributed by atoms with Crippen LogP contribution < -0.4 is 4.90 Å². The lowest BCUT2D eigenvalue weighted by molar-refractivity contribution is 0.000779. The molecule has 0 bridgehead atoms. The third-order valence-corrected chi connectivity index (χ3v) is 4.48. The van der Waals surface area contributed by atoms with Crippen LogP contribution in [0.25, 0.3) is 0 Å².